The Morgan fingerprint density at radius 1 is 1.25 bits per heavy atom. The summed E-state index contributed by atoms with van der Waals surface area (Å²) >= 11 is 1.95. The molecule has 2 heterocycles. The molecule has 2 aromatic heterocycles. The van der Waals surface area contributed by atoms with E-state index in [2.05, 4.69) is 48.4 Å². The van der Waals surface area contributed by atoms with Gasteiger partial charge < -0.3 is 9.88 Å². The molecule has 0 radical (unpaired) electrons. The van der Waals surface area contributed by atoms with Crippen LogP contribution >= 0.6 is 11.3 Å². The minimum Gasteiger partial charge on any atom is -0.348 e. The fourth-order valence-electron chi connectivity index (χ4n) is 3.18. The molecule has 1 aliphatic carbocycles. The number of thiophene rings is 1. The van der Waals surface area contributed by atoms with E-state index in [1.807, 2.05) is 11.3 Å². The predicted molar refractivity (Wildman–Crippen MR) is 86.6 cm³/mol. The predicted octanol–water partition coefficient (Wildman–Crippen LogP) is 4.15. The standard InChI is InChI=1S/C17H24N2S/c1-3-14-8-9-15(20-14)11-19-10-13-6-4-5-7-17(18-2)16(13)12-19/h8-10,12,17-18H,3-7,11H2,1-2H3. The maximum Gasteiger partial charge on any atom is 0.0563 e. The molecule has 3 rings (SSSR count). The Morgan fingerprint density at radius 2 is 2.10 bits per heavy atom. The lowest BCUT2D eigenvalue weighted by Crippen LogP contribution is -2.15. The largest absolute Gasteiger partial charge is 0.348 e. The van der Waals surface area contributed by atoms with Gasteiger partial charge in [0.05, 0.1) is 6.54 Å². The van der Waals surface area contributed by atoms with Gasteiger partial charge >= 0.3 is 0 Å². The molecular formula is C17H24N2S. The molecule has 1 unspecified atom stereocenters. The first-order valence-corrected chi connectivity index (χ1v) is 8.55. The Bertz CT molecular complexity index is 567. The van der Waals surface area contributed by atoms with Crippen molar-refractivity contribution >= 4 is 11.3 Å². The van der Waals surface area contributed by atoms with E-state index in [9.17, 15) is 0 Å². The van der Waals surface area contributed by atoms with E-state index < -0.39 is 0 Å². The summed E-state index contributed by atoms with van der Waals surface area (Å²) < 4.78 is 2.38. The van der Waals surface area contributed by atoms with Gasteiger partial charge in [0.1, 0.15) is 0 Å². The lowest BCUT2D eigenvalue weighted by Gasteiger charge is -2.13. The van der Waals surface area contributed by atoms with Crippen molar-refractivity contribution < 1.29 is 0 Å². The molecule has 20 heavy (non-hydrogen) atoms. The Labute approximate surface area is 125 Å². The minimum absolute atomic E-state index is 0.545. The maximum absolute atomic E-state index is 3.48. The van der Waals surface area contributed by atoms with E-state index >= 15 is 0 Å². The van der Waals surface area contributed by atoms with Gasteiger partial charge in [-0.1, -0.05) is 13.3 Å². The van der Waals surface area contributed by atoms with Crippen LogP contribution in [0.5, 0.6) is 0 Å². The molecule has 0 aliphatic heterocycles. The van der Waals surface area contributed by atoms with Crippen molar-refractivity contribution in [3.8, 4) is 0 Å². The van der Waals surface area contributed by atoms with Crippen LogP contribution < -0.4 is 5.32 Å². The summed E-state index contributed by atoms with van der Waals surface area (Å²) in [6, 6.07) is 5.10. The van der Waals surface area contributed by atoms with Crippen molar-refractivity contribution in [1.82, 2.24) is 9.88 Å². The van der Waals surface area contributed by atoms with Crippen LogP contribution in [0.1, 0.15) is 53.1 Å². The smallest absolute Gasteiger partial charge is 0.0563 e. The zero-order chi connectivity index (χ0) is 13.9. The summed E-state index contributed by atoms with van der Waals surface area (Å²) in [5.74, 6) is 0. The number of fused-ring (bicyclic) bond motifs is 1. The van der Waals surface area contributed by atoms with Gasteiger partial charge in [0.2, 0.25) is 0 Å². The summed E-state index contributed by atoms with van der Waals surface area (Å²) in [6.07, 6.45) is 11.1. The van der Waals surface area contributed by atoms with Gasteiger partial charge in [-0.25, -0.2) is 0 Å². The second-order valence-electron chi connectivity index (χ2n) is 5.72. The summed E-state index contributed by atoms with van der Waals surface area (Å²) in [5, 5.41) is 3.48. The molecule has 2 nitrogen and oxygen atoms in total. The second-order valence-corrected chi connectivity index (χ2v) is 6.97. The molecule has 0 saturated carbocycles. The molecule has 0 saturated heterocycles. The van der Waals surface area contributed by atoms with E-state index in [1.54, 1.807) is 5.56 Å². The molecule has 1 N–H and O–H groups in total. The monoisotopic (exact) mass is 288 g/mol. The molecule has 2 aromatic rings. The Balaban J connectivity index is 1.81. The van der Waals surface area contributed by atoms with Crippen LogP contribution in [0.2, 0.25) is 0 Å². The van der Waals surface area contributed by atoms with Crippen LogP contribution in [0.3, 0.4) is 0 Å². The summed E-state index contributed by atoms with van der Waals surface area (Å²) in [4.78, 5) is 2.95. The van der Waals surface area contributed by atoms with Crippen LogP contribution in [0.15, 0.2) is 24.5 Å². The first kappa shape index (κ1) is 13.9. The van der Waals surface area contributed by atoms with Crippen molar-refractivity contribution in [3.05, 3.63) is 45.4 Å². The van der Waals surface area contributed by atoms with Crippen molar-refractivity contribution in [2.45, 2.75) is 51.6 Å². The van der Waals surface area contributed by atoms with Gasteiger partial charge in [0.15, 0.2) is 0 Å². The van der Waals surface area contributed by atoms with E-state index in [-0.39, 0.29) is 0 Å². The average Bonchev–Trinajstić information content (AvgIpc) is 3.02. The highest BCUT2D eigenvalue weighted by molar-refractivity contribution is 7.11. The summed E-state index contributed by atoms with van der Waals surface area (Å²) in [6.45, 7) is 3.25. The summed E-state index contributed by atoms with van der Waals surface area (Å²) in [7, 11) is 2.09. The van der Waals surface area contributed by atoms with E-state index in [1.165, 1.54) is 41.0 Å². The van der Waals surface area contributed by atoms with Crippen LogP contribution in [0, 0.1) is 0 Å². The third-order valence-electron chi connectivity index (χ3n) is 4.31. The molecule has 108 valence electrons. The van der Waals surface area contributed by atoms with Gasteiger partial charge in [-0.2, -0.15) is 0 Å². The highest BCUT2D eigenvalue weighted by Crippen LogP contribution is 2.30. The average molecular weight is 288 g/mol. The second kappa shape index (κ2) is 6.15. The molecule has 1 atom stereocenters. The highest BCUT2D eigenvalue weighted by Gasteiger charge is 2.19. The Hall–Kier alpha value is -1.06. The van der Waals surface area contributed by atoms with E-state index in [0.717, 1.165) is 13.0 Å². The third-order valence-corrected chi connectivity index (χ3v) is 5.53. The molecule has 0 fully saturated rings. The fraction of sp³-hybridized carbons (Fsp3) is 0.529. The SMILES string of the molecule is CCc1ccc(Cn2cc3c(c2)C(NC)CCCC3)s1. The van der Waals surface area contributed by atoms with Crippen molar-refractivity contribution in [1.29, 1.82) is 0 Å². The number of hydrogen-bond acceptors (Lipinski definition) is 2. The molecule has 3 heteroatoms. The van der Waals surface area contributed by atoms with Gasteiger partial charge in [-0.05, 0) is 56.0 Å². The number of aryl methyl sites for hydroxylation is 2. The first-order chi connectivity index (χ1) is 9.80. The maximum atomic E-state index is 3.48. The van der Waals surface area contributed by atoms with Gasteiger partial charge in [0, 0.05) is 28.2 Å². The molecule has 1 aliphatic rings. The normalized spacial score (nSPS) is 18.8. The highest BCUT2D eigenvalue weighted by atomic mass is 32.1. The third kappa shape index (κ3) is 2.84. The van der Waals surface area contributed by atoms with Crippen LogP contribution in [0.25, 0.3) is 0 Å². The molecule has 0 amide bonds. The van der Waals surface area contributed by atoms with Crippen molar-refractivity contribution in [2.24, 2.45) is 0 Å². The molecule has 0 spiro atoms. The number of nitrogens with zero attached hydrogens (tertiary/aromatic N) is 1. The van der Waals surface area contributed by atoms with E-state index in [0.29, 0.717) is 6.04 Å². The van der Waals surface area contributed by atoms with Crippen LogP contribution in [0.4, 0.5) is 0 Å². The first-order valence-electron chi connectivity index (χ1n) is 7.73. The zero-order valence-corrected chi connectivity index (χ0v) is 13.3. The molecule has 0 aromatic carbocycles. The lowest BCUT2D eigenvalue weighted by molar-refractivity contribution is 0.531. The van der Waals surface area contributed by atoms with Gasteiger partial charge in [-0.3, -0.25) is 0 Å². The quantitative estimate of drug-likeness (QED) is 0.836. The fourth-order valence-corrected chi connectivity index (χ4v) is 4.15. The summed E-state index contributed by atoms with van der Waals surface area (Å²) in [5.41, 5.74) is 3.08. The number of hydrogen-bond donors (Lipinski definition) is 1. The number of rotatable bonds is 4. The topological polar surface area (TPSA) is 17.0 Å². The lowest BCUT2D eigenvalue weighted by atomic mass is 10.1. The van der Waals surface area contributed by atoms with E-state index in [4.69, 9.17) is 0 Å². The van der Waals surface area contributed by atoms with Gasteiger partial charge in [0.25, 0.3) is 0 Å². The number of aromatic nitrogens is 1. The minimum atomic E-state index is 0.545. The van der Waals surface area contributed by atoms with Crippen molar-refractivity contribution in [2.75, 3.05) is 7.05 Å². The zero-order valence-electron chi connectivity index (χ0n) is 12.5. The molecule has 0 bridgehead atoms. The molecular weight excluding hydrogens is 264 g/mol. The Morgan fingerprint density at radius 3 is 2.85 bits per heavy atom. The van der Waals surface area contributed by atoms with Crippen LogP contribution in [-0.4, -0.2) is 11.6 Å². The van der Waals surface area contributed by atoms with Crippen molar-refractivity contribution in [3.63, 3.8) is 0 Å². The van der Waals surface area contributed by atoms with Gasteiger partial charge in [-0.15, -0.1) is 11.3 Å². The Kier molecular flexibility index (Phi) is 4.27. The van der Waals surface area contributed by atoms with Crippen LogP contribution in [-0.2, 0) is 19.4 Å². The number of nitrogens with one attached hydrogen (secondary N) is 1.